The average Bonchev–Trinajstić information content (AvgIpc) is 3.28. The number of methoxy groups -OCH3 is 1. The van der Waals surface area contributed by atoms with Crippen LogP contribution in [0.5, 0.6) is 17.2 Å². The van der Waals surface area contributed by atoms with Gasteiger partial charge in [-0.2, -0.15) is 0 Å². The number of benzene rings is 2. The maximum absolute atomic E-state index is 12.8. The predicted molar refractivity (Wildman–Crippen MR) is 112 cm³/mol. The van der Waals surface area contributed by atoms with Crippen molar-refractivity contribution in [3.8, 4) is 17.2 Å². The Hall–Kier alpha value is -3.32. The van der Waals surface area contributed by atoms with E-state index in [0.29, 0.717) is 40.3 Å². The molecule has 7 nitrogen and oxygen atoms in total. The van der Waals surface area contributed by atoms with Crippen LogP contribution >= 0.6 is 0 Å². The van der Waals surface area contributed by atoms with Crippen LogP contribution in [0.3, 0.4) is 0 Å². The first-order valence-electron chi connectivity index (χ1n) is 9.84. The van der Waals surface area contributed by atoms with Gasteiger partial charge in [-0.25, -0.2) is 0 Å². The molecule has 0 unspecified atom stereocenters. The lowest BCUT2D eigenvalue weighted by Crippen LogP contribution is -2.31. The third kappa shape index (κ3) is 4.16. The third-order valence-corrected chi connectivity index (χ3v) is 5.07. The van der Waals surface area contributed by atoms with Crippen LogP contribution in [-0.4, -0.2) is 32.3 Å². The van der Waals surface area contributed by atoms with Gasteiger partial charge in [-0.15, -0.1) is 0 Å². The normalized spacial score (nSPS) is 15.9. The minimum Gasteiger partial charge on any atom is -0.497 e. The van der Waals surface area contributed by atoms with Gasteiger partial charge in [0.25, 0.3) is 5.91 Å². The molecule has 1 atom stereocenters. The van der Waals surface area contributed by atoms with Gasteiger partial charge in [0.15, 0.2) is 0 Å². The maximum Gasteiger partial charge on any atom is 0.251 e. The number of ether oxygens (including phenoxy) is 3. The zero-order valence-corrected chi connectivity index (χ0v) is 16.9. The zero-order valence-electron chi connectivity index (χ0n) is 16.9. The number of hydrogen-bond acceptors (Lipinski definition) is 6. The summed E-state index contributed by atoms with van der Waals surface area (Å²) in [6.07, 6.45) is 2.09. The number of carbonyl (C=O) groups is 1. The molecular weight excluding hydrogens is 386 g/mol. The van der Waals surface area contributed by atoms with Crippen LogP contribution in [0.4, 0.5) is 0 Å². The van der Waals surface area contributed by atoms with Gasteiger partial charge < -0.3 is 23.9 Å². The van der Waals surface area contributed by atoms with Gasteiger partial charge >= 0.3 is 0 Å². The number of carbonyl (C=O) groups excluding carboxylic acids is 1. The van der Waals surface area contributed by atoms with Crippen molar-refractivity contribution >= 4 is 16.9 Å². The van der Waals surface area contributed by atoms with E-state index >= 15 is 0 Å². The van der Waals surface area contributed by atoms with Crippen LogP contribution in [0.1, 0.15) is 29.0 Å². The summed E-state index contributed by atoms with van der Waals surface area (Å²) in [5.41, 5.74) is 0.673. The zero-order chi connectivity index (χ0) is 21.1. The molecule has 30 heavy (non-hydrogen) atoms. The fourth-order valence-electron chi connectivity index (χ4n) is 3.42. The van der Waals surface area contributed by atoms with E-state index in [9.17, 15) is 9.59 Å². The fourth-order valence-corrected chi connectivity index (χ4v) is 3.42. The Kier molecular flexibility index (Phi) is 5.72. The van der Waals surface area contributed by atoms with Gasteiger partial charge in [-0.05, 0) is 56.2 Å². The molecule has 2 aromatic carbocycles. The topological polar surface area (TPSA) is 87.0 Å². The lowest BCUT2D eigenvalue weighted by Gasteiger charge is -2.12. The molecule has 0 saturated carbocycles. The molecule has 1 aliphatic heterocycles. The van der Waals surface area contributed by atoms with E-state index in [1.165, 1.54) is 0 Å². The number of rotatable bonds is 6. The van der Waals surface area contributed by atoms with Crippen molar-refractivity contribution in [3.63, 3.8) is 0 Å². The van der Waals surface area contributed by atoms with Crippen LogP contribution in [0.25, 0.3) is 11.0 Å². The Labute approximate surface area is 173 Å². The predicted octanol–water partition coefficient (Wildman–Crippen LogP) is 3.81. The average molecular weight is 409 g/mol. The molecule has 1 aromatic heterocycles. The Morgan fingerprint density at radius 3 is 2.63 bits per heavy atom. The number of aryl methyl sites for hydroxylation is 1. The van der Waals surface area contributed by atoms with Crippen molar-refractivity contribution in [1.82, 2.24) is 5.32 Å². The van der Waals surface area contributed by atoms with Crippen molar-refractivity contribution in [1.29, 1.82) is 0 Å². The maximum atomic E-state index is 12.8. The highest BCUT2D eigenvalue weighted by molar-refractivity contribution is 5.94. The van der Waals surface area contributed by atoms with Crippen LogP contribution in [0.15, 0.2) is 51.7 Å². The molecule has 0 spiro atoms. The van der Waals surface area contributed by atoms with E-state index < -0.39 is 0 Å². The Balaban J connectivity index is 1.49. The summed E-state index contributed by atoms with van der Waals surface area (Å²) in [5, 5.41) is 3.28. The second kappa shape index (κ2) is 8.59. The molecule has 3 aromatic rings. The van der Waals surface area contributed by atoms with E-state index in [1.54, 1.807) is 56.5 Å². The molecule has 0 bridgehead atoms. The lowest BCUT2D eigenvalue weighted by atomic mass is 10.2. The van der Waals surface area contributed by atoms with Crippen LogP contribution in [0, 0.1) is 6.92 Å². The van der Waals surface area contributed by atoms with Crippen LogP contribution in [0.2, 0.25) is 0 Å². The highest BCUT2D eigenvalue weighted by atomic mass is 16.5. The summed E-state index contributed by atoms with van der Waals surface area (Å²) in [7, 11) is 1.55. The van der Waals surface area contributed by atoms with E-state index in [4.69, 9.17) is 18.6 Å². The summed E-state index contributed by atoms with van der Waals surface area (Å²) in [6, 6.07) is 11.6. The minimum absolute atomic E-state index is 0.0895. The monoisotopic (exact) mass is 409 g/mol. The van der Waals surface area contributed by atoms with Crippen molar-refractivity contribution < 1.29 is 23.4 Å². The van der Waals surface area contributed by atoms with Gasteiger partial charge in [0.1, 0.15) is 22.8 Å². The summed E-state index contributed by atoms with van der Waals surface area (Å²) in [4.78, 5) is 25.1. The molecule has 156 valence electrons. The first kappa shape index (κ1) is 20.0. The molecule has 0 radical (unpaired) electrons. The summed E-state index contributed by atoms with van der Waals surface area (Å²) < 4.78 is 22.2. The van der Waals surface area contributed by atoms with Gasteiger partial charge in [0.2, 0.25) is 11.2 Å². The van der Waals surface area contributed by atoms with Crippen molar-refractivity contribution in [3.05, 3.63) is 64.0 Å². The number of amides is 1. The quantitative estimate of drug-likeness (QED) is 0.666. The molecule has 1 N–H and O–H groups in total. The third-order valence-electron chi connectivity index (χ3n) is 5.07. The van der Waals surface area contributed by atoms with Crippen LogP contribution < -0.4 is 20.2 Å². The second-order valence-corrected chi connectivity index (χ2v) is 7.15. The Bertz CT molecular complexity index is 1110. The van der Waals surface area contributed by atoms with Gasteiger partial charge in [-0.3, -0.25) is 9.59 Å². The molecule has 4 rings (SSSR count). The van der Waals surface area contributed by atoms with Gasteiger partial charge in [-0.1, -0.05) is 0 Å². The van der Waals surface area contributed by atoms with Crippen molar-refractivity contribution in [2.45, 2.75) is 25.9 Å². The number of nitrogens with one attached hydrogen (secondary N) is 1. The minimum atomic E-state index is -0.269. The first-order valence-corrected chi connectivity index (χ1v) is 9.84. The van der Waals surface area contributed by atoms with Crippen molar-refractivity contribution in [2.75, 3.05) is 20.3 Å². The van der Waals surface area contributed by atoms with Crippen LogP contribution in [-0.2, 0) is 4.74 Å². The van der Waals surface area contributed by atoms with E-state index in [-0.39, 0.29) is 23.2 Å². The number of fused-ring (bicyclic) bond motifs is 1. The Morgan fingerprint density at radius 1 is 1.17 bits per heavy atom. The molecular formula is C23H23NO6. The smallest absolute Gasteiger partial charge is 0.251 e. The molecule has 1 aliphatic rings. The van der Waals surface area contributed by atoms with E-state index in [2.05, 4.69) is 5.32 Å². The van der Waals surface area contributed by atoms with E-state index in [1.807, 2.05) is 0 Å². The molecule has 1 fully saturated rings. The lowest BCUT2D eigenvalue weighted by molar-refractivity contribution is 0.0858. The van der Waals surface area contributed by atoms with Gasteiger partial charge in [0, 0.05) is 24.8 Å². The summed E-state index contributed by atoms with van der Waals surface area (Å²) in [6.45, 7) is 2.92. The highest BCUT2D eigenvalue weighted by Gasteiger charge is 2.17. The summed E-state index contributed by atoms with van der Waals surface area (Å²) in [5.74, 6) is 1.34. The van der Waals surface area contributed by atoms with E-state index in [0.717, 1.165) is 19.4 Å². The largest absolute Gasteiger partial charge is 0.497 e. The summed E-state index contributed by atoms with van der Waals surface area (Å²) >= 11 is 0. The highest BCUT2D eigenvalue weighted by Crippen LogP contribution is 2.27. The van der Waals surface area contributed by atoms with Gasteiger partial charge in [0.05, 0.1) is 18.6 Å². The standard InChI is InChI=1S/C23H23NO6/c1-14-22(21(25)19-10-9-17(27-2)12-20(19)29-14)30-16-7-5-15(6-8-16)23(26)24-13-18-4-3-11-28-18/h5-10,12,18H,3-4,11,13H2,1-2H3,(H,24,26)/t18-/m1/s1. The SMILES string of the molecule is COc1ccc2c(=O)c(Oc3ccc(C(=O)NC[C@H]4CCCO4)cc3)c(C)oc2c1. The molecule has 2 heterocycles. The fraction of sp³-hybridized carbons (Fsp3) is 0.304. The second-order valence-electron chi connectivity index (χ2n) is 7.15. The first-order chi connectivity index (χ1) is 14.5. The molecule has 1 amide bonds. The Morgan fingerprint density at radius 2 is 1.93 bits per heavy atom. The molecule has 7 heteroatoms. The molecule has 0 aliphatic carbocycles. The van der Waals surface area contributed by atoms with Crippen molar-refractivity contribution in [2.24, 2.45) is 0 Å². The molecule has 1 saturated heterocycles. The number of hydrogen-bond donors (Lipinski definition) is 1.